The number of halogens is 1. The van der Waals surface area contributed by atoms with E-state index in [4.69, 9.17) is 9.47 Å². The molecular formula is C20H29IN4O2S. The molecule has 1 fully saturated rings. The van der Waals surface area contributed by atoms with Crippen LogP contribution in [0, 0.1) is 0 Å². The number of anilines is 1. The van der Waals surface area contributed by atoms with Crippen LogP contribution in [0.15, 0.2) is 40.7 Å². The first-order valence-corrected chi connectivity index (χ1v) is 10.1. The van der Waals surface area contributed by atoms with Crippen molar-refractivity contribution in [2.75, 3.05) is 58.9 Å². The molecule has 0 bridgehead atoms. The lowest BCUT2D eigenvalue weighted by Gasteiger charge is -2.37. The molecule has 0 aliphatic carbocycles. The first-order chi connectivity index (χ1) is 13.2. The lowest BCUT2D eigenvalue weighted by atomic mass is 10.1. The molecule has 1 aromatic carbocycles. The Morgan fingerprint density at radius 3 is 2.46 bits per heavy atom. The van der Waals surface area contributed by atoms with Gasteiger partial charge in [-0.2, -0.15) is 0 Å². The summed E-state index contributed by atoms with van der Waals surface area (Å²) in [5.41, 5.74) is 1.21. The van der Waals surface area contributed by atoms with Crippen molar-refractivity contribution in [1.29, 1.82) is 0 Å². The van der Waals surface area contributed by atoms with Crippen molar-refractivity contribution in [1.82, 2.24) is 10.2 Å². The van der Waals surface area contributed by atoms with Gasteiger partial charge in [-0.15, -0.1) is 35.3 Å². The van der Waals surface area contributed by atoms with Crippen LogP contribution in [-0.2, 0) is 6.42 Å². The zero-order valence-electron chi connectivity index (χ0n) is 16.7. The van der Waals surface area contributed by atoms with Crippen LogP contribution in [-0.4, -0.2) is 64.9 Å². The van der Waals surface area contributed by atoms with Crippen molar-refractivity contribution < 1.29 is 9.47 Å². The number of rotatable bonds is 6. The maximum atomic E-state index is 5.38. The fourth-order valence-corrected chi connectivity index (χ4v) is 4.06. The number of ether oxygens (including phenoxy) is 2. The normalized spacial score (nSPS) is 14.5. The number of nitrogens with zero attached hydrogens (tertiary/aromatic N) is 3. The van der Waals surface area contributed by atoms with Gasteiger partial charge in [0.1, 0.15) is 0 Å². The summed E-state index contributed by atoms with van der Waals surface area (Å²) in [5.74, 6) is 2.50. The molecular weight excluding hydrogens is 487 g/mol. The molecule has 1 aliphatic rings. The van der Waals surface area contributed by atoms with Gasteiger partial charge in [-0.25, -0.2) is 0 Å². The van der Waals surface area contributed by atoms with Crippen LogP contribution in [0.2, 0.25) is 0 Å². The molecule has 2 aromatic rings. The summed E-state index contributed by atoms with van der Waals surface area (Å²) in [4.78, 5) is 9.24. The molecule has 1 aliphatic heterocycles. The van der Waals surface area contributed by atoms with E-state index in [1.807, 2.05) is 19.2 Å². The van der Waals surface area contributed by atoms with Gasteiger partial charge in [0, 0.05) is 39.8 Å². The largest absolute Gasteiger partial charge is 0.493 e. The molecule has 8 heteroatoms. The van der Waals surface area contributed by atoms with E-state index >= 15 is 0 Å². The van der Waals surface area contributed by atoms with Crippen LogP contribution in [0.25, 0.3) is 0 Å². The van der Waals surface area contributed by atoms with Gasteiger partial charge in [0.2, 0.25) is 0 Å². The summed E-state index contributed by atoms with van der Waals surface area (Å²) in [6.07, 6.45) is 0.897. The molecule has 0 radical (unpaired) electrons. The molecule has 154 valence electrons. The molecule has 0 unspecified atom stereocenters. The molecule has 0 amide bonds. The van der Waals surface area contributed by atoms with E-state index in [2.05, 4.69) is 43.7 Å². The first kappa shape index (κ1) is 22.6. The highest BCUT2D eigenvalue weighted by atomic mass is 127. The van der Waals surface area contributed by atoms with E-state index in [0.29, 0.717) is 0 Å². The minimum atomic E-state index is 0. The maximum absolute atomic E-state index is 5.38. The summed E-state index contributed by atoms with van der Waals surface area (Å²) in [6.45, 7) is 4.84. The highest BCUT2D eigenvalue weighted by Crippen LogP contribution is 2.27. The molecule has 0 spiro atoms. The third-order valence-corrected chi connectivity index (χ3v) is 5.68. The van der Waals surface area contributed by atoms with E-state index in [0.717, 1.165) is 56.6 Å². The van der Waals surface area contributed by atoms with Crippen molar-refractivity contribution in [2.24, 2.45) is 4.99 Å². The lowest BCUT2D eigenvalue weighted by Crippen LogP contribution is -2.52. The molecule has 1 N–H and O–H groups in total. The second kappa shape index (κ2) is 11.4. The molecule has 0 atom stereocenters. The third-order valence-electron chi connectivity index (χ3n) is 4.75. The van der Waals surface area contributed by atoms with E-state index in [9.17, 15) is 0 Å². The molecule has 1 aromatic heterocycles. The van der Waals surface area contributed by atoms with Crippen molar-refractivity contribution in [2.45, 2.75) is 6.42 Å². The van der Waals surface area contributed by atoms with Crippen LogP contribution < -0.4 is 19.7 Å². The van der Waals surface area contributed by atoms with Gasteiger partial charge in [-0.05, 0) is 41.6 Å². The summed E-state index contributed by atoms with van der Waals surface area (Å²) >= 11 is 1.80. The molecule has 1 saturated heterocycles. The predicted octanol–water partition coefficient (Wildman–Crippen LogP) is 3.32. The molecule has 6 nitrogen and oxygen atoms in total. The fourth-order valence-electron chi connectivity index (χ4n) is 3.28. The first-order valence-electron chi connectivity index (χ1n) is 9.20. The highest BCUT2D eigenvalue weighted by Gasteiger charge is 2.20. The Balaban J connectivity index is 0.00000280. The van der Waals surface area contributed by atoms with Crippen molar-refractivity contribution in [3.8, 4) is 11.5 Å². The fraction of sp³-hybridized carbons (Fsp3) is 0.450. The van der Waals surface area contributed by atoms with Crippen molar-refractivity contribution >= 4 is 46.3 Å². The number of nitrogens with one attached hydrogen (secondary N) is 1. The molecule has 3 rings (SSSR count). The Morgan fingerprint density at radius 1 is 1.11 bits per heavy atom. The van der Waals surface area contributed by atoms with E-state index in [1.54, 1.807) is 25.6 Å². The number of aliphatic imine (C=N–C) groups is 1. The van der Waals surface area contributed by atoms with Gasteiger partial charge in [-0.3, -0.25) is 4.99 Å². The highest BCUT2D eigenvalue weighted by molar-refractivity contribution is 14.0. The number of hydrogen-bond acceptors (Lipinski definition) is 5. The minimum Gasteiger partial charge on any atom is -0.493 e. The van der Waals surface area contributed by atoms with E-state index in [1.165, 1.54) is 10.6 Å². The average Bonchev–Trinajstić information content (AvgIpc) is 3.26. The summed E-state index contributed by atoms with van der Waals surface area (Å²) in [5, 5.41) is 6.98. The summed E-state index contributed by atoms with van der Waals surface area (Å²) in [7, 11) is 5.17. The van der Waals surface area contributed by atoms with Gasteiger partial charge >= 0.3 is 0 Å². The Kier molecular flexibility index (Phi) is 9.17. The van der Waals surface area contributed by atoms with Crippen LogP contribution in [0.3, 0.4) is 0 Å². The quantitative estimate of drug-likeness (QED) is 0.363. The monoisotopic (exact) mass is 516 g/mol. The number of hydrogen-bond donors (Lipinski definition) is 1. The van der Waals surface area contributed by atoms with E-state index < -0.39 is 0 Å². The van der Waals surface area contributed by atoms with Gasteiger partial charge in [0.25, 0.3) is 0 Å². The Labute approximate surface area is 188 Å². The number of methoxy groups -OCH3 is 2. The topological polar surface area (TPSA) is 49.3 Å². The molecule has 2 heterocycles. The van der Waals surface area contributed by atoms with Crippen LogP contribution in [0.5, 0.6) is 11.5 Å². The third kappa shape index (κ3) is 5.66. The Hall–Kier alpha value is -1.68. The number of benzene rings is 1. The minimum absolute atomic E-state index is 0. The number of thiophene rings is 1. The summed E-state index contributed by atoms with van der Waals surface area (Å²) in [6, 6.07) is 10.4. The van der Waals surface area contributed by atoms with Crippen LogP contribution >= 0.6 is 35.3 Å². The molecule has 0 saturated carbocycles. The maximum Gasteiger partial charge on any atom is 0.193 e. The Morgan fingerprint density at radius 2 is 1.86 bits per heavy atom. The van der Waals surface area contributed by atoms with Crippen molar-refractivity contribution in [3.05, 3.63) is 41.3 Å². The number of guanidine groups is 1. The summed E-state index contributed by atoms with van der Waals surface area (Å²) < 4.78 is 10.7. The lowest BCUT2D eigenvalue weighted by molar-refractivity contribution is 0.354. The number of piperazine rings is 1. The van der Waals surface area contributed by atoms with Gasteiger partial charge in [0.15, 0.2) is 17.5 Å². The van der Waals surface area contributed by atoms with E-state index in [-0.39, 0.29) is 24.0 Å². The SMILES string of the molecule is CN=C(NCCc1ccc(OC)c(OC)c1)N1CCN(c2cccs2)CC1.I. The van der Waals surface area contributed by atoms with Gasteiger partial charge in [-0.1, -0.05) is 6.07 Å². The standard InChI is InChI=1S/C20H28N4O2S.HI/c1-21-20(24-12-10-23(11-13-24)19-5-4-14-27-19)22-9-8-16-6-7-17(25-2)18(15-16)26-3;/h4-7,14-15H,8-13H2,1-3H3,(H,21,22);1H. The zero-order valence-corrected chi connectivity index (χ0v) is 19.8. The molecule has 28 heavy (non-hydrogen) atoms. The average molecular weight is 516 g/mol. The van der Waals surface area contributed by atoms with Crippen LogP contribution in [0.1, 0.15) is 5.56 Å². The second-order valence-corrected chi connectivity index (χ2v) is 7.26. The predicted molar refractivity (Wildman–Crippen MR) is 128 cm³/mol. The Bertz CT molecular complexity index is 747. The van der Waals surface area contributed by atoms with Crippen molar-refractivity contribution in [3.63, 3.8) is 0 Å². The zero-order chi connectivity index (χ0) is 19.1. The van der Waals surface area contributed by atoms with Gasteiger partial charge in [0.05, 0.1) is 19.2 Å². The second-order valence-electron chi connectivity index (χ2n) is 6.34. The van der Waals surface area contributed by atoms with Crippen LogP contribution in [0.4, 0.5) is 5.00 Å². The smallest absolute Gasteiger partial charge is 0.193 e. The van der Waals surface area contributed by atoms with Gasteiger partial charge < -0.3 is 24.6 Å².